The predicted octanol–water partition coefficient (Wildman–Crippen LogP) is 5.57. The number of hydrogen-bond acceptors (Lipinski definition) is 3. The standard InChI is InChI=1S/C24H25Cl2NO3/c1-15-13-20-22(16(2)23(15)26)19(28)14-24(30-20)9-11-27(12-10-24)21(29)8-5-17-3-6-18(25)7-4-17/h3-4,6-7,13H,5,8-12,14H2,1-2H3. The van der Waals surface area contributed by atoms with E-state index in [0.29, 0.717) is 66.6 Å². The number of ether oxygens (including phenoxy) is 1. The highest BCUT2D eigenvalue weighted by atomic mass is 35.5. The van der Waals surface area contributed by atoms with Crippen molar-refractivity contribution in [1.29, 1.82) is 0 Å². The van der Waals surface area contributed by atoms with Crippen molar-refractivity contribution in [3.05, 3.63) is 62.6 Å². The number of ketones is 1. The second-order valence-electron chi connectivity index (χ2n) is 8.40. The number of carbonyl (C=O) groups excluding carboxylic acids is 2. The third-order valence-corrected chi connectivity index (χ3v) is 7.13. The molecule has 2 aromatic carbocycles. The summed E-state index contributed by atoms with van der Waals surface area (Å²) in [4.78, 5) is 27.5. The molecule has 2 aliphatic heterocycles. The molecule has 1 spiro atoms. The van der Waals surface area contributed by atoms with E-state index in [4.69, 9.17) is 27.9 Å². The molecule has 4 rings (SSSR count). The van der Waals surface area contributed by atoms with E-state index in [9.17, 15) is 9.59 Å². The van der Waals surface area contributed by atoms with Gasteiger partial charge in [-0.3, -0.25) is 9.59 Å². The highest BCUT2D eigenvalue weighted by Gasteiger charge is 2.44. The minimum Gasteiger partial charge on any atom is -0.486 e. The van der Waals surface area contributed by atoms with Crippen LogP contribution in [0.25, 0.3) is 0 Å². The molecule has 2 heterocycles. The Hall–Kier alpha value is -2.04. The maximum Gasteiger partial charge on any atom is 0.222 e. The number of nitrogens with zero attached hydrogens (tertiary/aromatic N) is 1. The van der Waals surface area contributed by atoms with Gasteiger partial charge in [-0.25, -0.2) is 0 Å². The number of Topliss-reactive ketones (excluding diaryl/α,β-unsaturated/α-hetero) is 1. The number of amides is 1. The zero-order chi connectivity index (χ0) is 21.5. The summed E-state index contributed by atoms with van der Waals surface area (Å²) in [6.07, 6.45) is 2.82. The summed E-state index contributed by atoms with van der Waals surface area (Å²) in [6.45, 7) is 5.00. The second-order valence-corrected chi connectivity index (χ2v) is 9.21. The molecule has 0 radical (unpaired) electrons. The zero-order valence-corrected chi connectivity index (χ0v) is 18.8. The van der Waals surface area contributed by atoms with Gasteiger partial charge in [0.25, 0.3) is 0 Å². The highest BCUT2D eigenvalue weighted by Crippen LogP contribution is 2.43. The van der Waals surface area contributed by atoms with Crippen LogP contribution in [0.5, 0.6) is 5.75 Å². The largest absolute Gasteiger partial charge is 0.486 e. The van der Waals surface area contributed by atoms with E-state index >= 15 is 0 Å². The van der Waals surface area contributed by atoms with Crippen LogP contribution >= 0.6 is 23.2 Å². The lowest BCUT2D eigenvalue weighted by molar-refractivity contribution is -0.134. The van der Waals surface area contributed by atoms with E-state index in [1.165, 1.54) is 0 Å². The lowest BCUT2D eigenvalue weighted by atomic mass is 9.81. The summed E-state index contributed by atoms with van der Waals surface area (Å²) in [5.74, 6) is 0.854. The quantitative estimate of drug-likeness (QED) is 0.620. The van der Waals surface area contributed by atoms with Crippen molar-refractivity contribution in [3.63, 3.8) is 0 Å². The van der Waals surface area contributed by atoms with Crippen molar-refractivity contribution in [2.45, 2.75) is 51.6 Å². The first-order chi connectivity index (χ1) is 14.3. The summed E-state index contributed by atoms with van der Waals surface area (Å²) in [6, 6.07) is 9.47. The topological polar surface area (TPSA) is 46.6 Å². The van der Waals surface area contributed by atoms with Gasteiger partial charge in [0.2, 0.25) is 5.91 Å². The highest BCUT2D eigenvalue weighted by molar-refractivity contribution is 6.32. The molecule has 0 aliphatic carbocycles. The lowest BCUT2D eigenvalue weighted by Gasteiger charge is -2.44. The Labute approximate surface area is 187 Å². The molecule has 158 valence electrons. The van der Waals surface area contributed by atoms with Crippen LogP contribution in [0.4, 0.5) is 0 Å². The summed E-state index contributed by atoms with van der Waals surface area (Å²) < 4.78 is 6.39. The fraction of sp³-hybridized carbons (Fsp3) is 0.417. The van der Waals surface area contributed by atoms with Crippen LogP contribution in [0.15, 0.2) is 30.3 Å². The van der Waals surface area contributed by atoms with E-state index < -0.39 is 5.60 Å². The second kappa shape index (κ2) is 8.24. The molecule has 1 amide bonds. The summed E-state index contributed by atoms with van der Waals surface area (Å²) in [5.41, 5.74) is 2.89. The monoisotopic (exact) mass is 445 g/mol. The summed E-state index contributed by atoms with van der Waals surface area (Å²) >= 11 is 12.3. The van der Waals surface area contributed by atoms with Crippen LogP contribution in [0, 0.1) is 13.8 Å². The summed E-state index contributed by atoms with van der Waals surface area (Å²) in [7, 11) is 0. The SMILES string of the molecule is Cc1cc2c(c(C)c1Cl)C(=O)CC1(CCN(C(=O)CCc3ccc(Cl)cc3)CC1)O2. The molecular formula is C24H25Cl2NO3. The summed E-state index contributed by atoms with van der Waals surface area (Å²) in [5, 5.41) is 1.32. The fourth-order valence-corrected chi connectivity index (χ4v) is 4.78. The maximum absolute atomic E-state index is 12.9. The number of piperidine rings is 1. The van der Waals surface area contributed by atoms with Gasteiger partial charge in [-0.05, 0) is 55.2 Å². The Kier molecular flexibility index (Phi) is 5.82. The van der Waals surface area contributed by atoms with Gasteiger partial charge < -0.3 is 9.64 Å². The average molecular weight is 446 g/mol. The van der Waals surface area contributed by atoms with Crippen molar-refractivity contribution < 1.29 is 14.3 Å². The number of benzene rings is 2. The molecule has 0 saturated carbocycles. The van der Waals surface area contributed by atoms with Gasteiger partial charge >= 0.3 is 0 Å². The Bertz CT molecular complexity index is 993. The molecule has 30 heavy (non-hydrogen) atoms. The third kappa shape index (κ3) is 4.08. The molecule has 0 unspecified atom stereocenters. The van der Waals surface area contributed by atoms with E-state index in [0.717, 1.165) is 16.7 Å². The smallest absolute Gasteiger partial charge is 0.222 e. The molecule has 0 N–H and O–H groups in total. The first-order valence-electron chi connectivity index (χ1n) is 10.3. The predicted molar refractivity (Wildman–Crippen MR) is 119 cm³/mol. The van der Waals surface area contributed by atoms with Crippen molar-refractivity contribution in [1.82, 2.24) is 4.90 Å². The Morgan fingerprint density at radius 2 is 1.80 bits per heavy atom. The van der Waals surface area contributed by atoms with E-state index in [1.54, 1.807) is 0 Å². The van der Waals surface area contributed by atoms with Crippen molar-refractivity contribution >= 4 is 34.9 Å². The molecule has 0 aromatic heterocycles. The first-order valence-corrected chi connectivity index (χ1v) is 11.1. The Balaban J connectivity index is 1.40. The minimum absolute atomic E-state index is 0.0816. The van der Waals surface area contributed by atoms with Crippen molar-refractivity contribution in [3.8, 4) is 5.75 Å². The fourth-order valence-electron chi connectivity index (χ4n) is 4.50. The Morgan fingerprint density at radius 3 is 2.47 bits per heavy atom. The van der Waals surface area contributed by atoms with Crippen LogP contribution in [-0.2, 0) is 11.2 Å². The van der Waals surface area contributed by atoms with Gasteiger partial charge in [0, 0.05) is 42.4 Å². The average Bonchev–Trinajstić information content (AvgIpc) is 2.71. The zero-order valence-electron chi connectivity index (χ0n) is 17.3. The molecule has 1 saturated heterocycles. The van der Waals surface area contributed by atoms with Crippen LogP contribution in [0.1, 0.15) is 52.7 Å². The molecule has 4 nitrogen and oxygen atoms in total. The van der Waals surface area contributed by atoms with Crippen LogP contribution < -0.4 is 4.74 Å². The van der Waals surface area contributed by atoms with E-state index in [-0.39, 0.29) is 11.7 Å². The molecule has 2 aromatic rings. The Morgan fingerprint density at radius 1 is 1.13 bits per heavy atom. The number of fused-ring (bicyclic) bond motifs is 1. The van der Waals surface area contributed by atoms with Gasteiger partial charge in [0.15, 0.2) is 5.78 Å². The number of halogens is 2. The van der Waals surface area contributed by atoms with Gasteiger partial charge in [-0.2, -0.15) is 0 Å². The molecule has 1 fully saturated rings. The van der Waals surface area contributed by atoms with Gasteiger partial charge in [0.1, 0.15) is 11.4 Å². The minimum atomic E-state index is -0.524. The van der Waals surface area contributed by atoms with E-state index in [2.05, 4.69) is 0 Å². The van der Waals surface area contributed by atoms with Crippen molar-refractivity contribution in [2.24, 2.45) is 0 Å². The number of rotatable bonds is 3. The molecule has 6 heteroatoms. The van der Waals surface area contributed by atoms with Crippen LogP contribution in [-0.4, -0.2) is 35.3 Å². The van der Waals surface area contributed by atoms with E-state index in [1.807, 2.05) is 49.1 Å². The molecule has 0 bridgehead atoms. The van der Waals surface area contributed by atoms with Gasteiger partial charge in [-0.1, -0.05) is 35.3 Å². The molecule has 2 aliphatic rings. The normalized spacial score (nSPS) is 17.6. The van der Waals surface area contributed by atoms with Crippen LogP contribution in [0.2, 0.25) is 10.0 Å². The van der Waals surface area contributed by atoms with Crippen molar-refractivity contribution in [2.75, 3.05) is 13.1 Å². The number of likely N-dealkylation sites (tertiary alicyclic amines) is 1. The lowest BCUT2D eigenvalue weighted by Crippen LogP contribution is -2.52. The molecular weight excluding hydrogens is 421 g/mol. The number of carbonyl (C=O) groups is 2. The third-order valence-electron chi connectivity index (χ3n) is 6.30. The van der Waals surface area contributed by atoms with Gasteiger partial charge in [0.05, 0.1) is 12.0 Å². The van der Waals surface area contributed by atoms with Gasteiger partial charge in [-0.15, -0.1) is 0 Å². The maximum atomic E-state index is 12.9. The number of aryl methyl sites for hydroxylation is 2. The number of hydrogen-bond donors (Lipinski definition) is 0. The van der Waals surface area contributed by atoms with Crippen LogP contribution in [0.3, 0.4) is 0 Å². The first kappa shape index (κ1) is 21.2. The molecule has 0 atom stereocenters.